The molecule has 0 unspecified atom stereocenters. The molecule has 0 atom stereocenters. The number of H-pyrrole nitrogens is 1. The number of aromatic amines is 1. The van der Waals surface area contributed by atoms with E-state index in [-0.39, 0.29) is 0 Å². The van der Waals surface area contributed by atoms with Crippen molar-refractivity contribution >= 4 is 22.7 Å². The van der Waals surface area contributed by atoms with Gasteiger partial charge in [0.2, 0.25) is 11.6 Å². The van der Waals surface area contributed by atoms with Crippen molar-refractivity contribution in [3.63, 3.8) is 0 Å². The predicted octanol–water partition coefficient (Wildman–Crippen LogP) is 6.17. The maximum Gasteiger partial charge on any atom is 0.205 e. The van der Waals surface area contributed by atoms with Crippen molar-refractivity contribution in [2.45, 2.75) is 5.54 Å². The lowest BCUT2D eigenvalue weighted by Gasteiger charge is -2.34. The fourth-order valence-corrected chi connectivity index (χ4v) is 5.69. The van der Waals surface area contributed by atoms with Crippen LogP contribution in [0.15, 0.2) is 125 Å². The number of tetrazole rings is 2. The molecule has 7 rings (SSSR count). The Hall–Kier alpha value is -4.80. The van der Waals surface area contributed by atoms with E-state index >= 15 is 0 Å². The Morgan fingerprint density at radius 1 is 0.590 bits per heavy atom. The SMILES string of the molecule is c1cc(-c2nn[nH]n2)cs1.c1ccc(C(c2ccccc2)(c2ccccc2)n2nnc(-c3ccsc3)n2)cc1. The maximum absolute atomic E-state index is 4.86. The molecule has 8 nitrogen and oxygen atoms in total. The van der Waals surface area contributed by atoms with E-state index in [1.165, 1.54) is 0 Å². The molecule has 3 aromatic carbocycles. The Balaban J connectivity index is 0.000000231. The minimum absolute atomic E-state index is 0.624. The fraction of sp³-hybridized carbons (Fsp3) is 0.0345. The minimum atomic E-state index is -0.731. The van der Waals surface area contributed by atoms with Crippen LogP contribution in [0, 0.1) is 0 Å². The summed E-state index contributed by atoms with van der Waals surface area (Å²) in [5.41, 5.74) is 4.48. The van der Waals surface area contributed by atoms with Crippen LogP contribution in [0.5, 0.6) is 0 Å². The minimum Gasteiger partial charge on any atom is -0.177 e. The van der Waals surface area contributed by atoms with Crippen LogP contribution in [-0.2, 0) is 5.54 Å². The van der Waals surface area contributed by atoms with Gasteiger partial charge in [-0.25, -0.2) is 0 Å². The third-order valence-corrected chi connectivity index (χ3v) is 7.56. The third-order valence-electron chi connectivity index (χ3n) is 6.19. The van der Waals surface area contributed by atoms with Crippen molar-refractivity contribution in [3.05, 3.63) is 141 Å². The molecule has 1 N–H and O–H groups in total. The summed E-state index contributed by atoms with van der Waals surface area (Å²) in [4.78, 5) is 1.75. The van der Waals surface area contributed by atoms with Gasteiger partial charge in [-0.15, -0.1) is 25.2 Å². The molecule has 190 valence electrons. The number of rotatable bonds is 6. The molecule has 0 fully saturated rings. The van der Waals surface area contributed by atoms with E-state index in [2.05, 4.69) is 67.3 Å². The molecule has 7 aromatic rings. The van der Waals surface area contributed by atoms with Crippen LogP contribution in [0.4, 0.5) is 0 Å². The van der Waals surface area contributed by atoms with Crippen molar-refractivity contribution in [1.29, 1.82) is 0 Å². The average Bonchev–Trinajstić information content (AvgIpc) is 3.84. The molecule has 0 spiro atoms. The van der Waals surface area contributed by atoms with E-state index in [0.717, 1.165) is 27.8 Å². The molecular weight excluding hydrogens is 525 g/mol. The van der Waals surface area contributed by atoms with Gasteiger partial charge in [-0.3, -0.25) is 0 Å². The Kier molecular flexibility index (Phi) is 7.11. The Labute approximate surface area is 232 Å². The number of nitrogens with one attached hydrogen (secondary N) is 1. The van der Waals surface area contributed by atoms with Crippen LogP contribution in [-0.4, -0.2) is 40.8 Å². The van der Waals surface area contributed by atoms with Gasteiger partial charge in [0, 0.05) is 21.9 Å². The Bertz CT molecular complexity index is 1550. The summed E-state index contributed by atoms with van der Waals surface area (Å²) in [5.74, 6) is 1.28. The first-order valence-electron chi connectivity index (χ1n) is 12.1. The normalized spacial score (nSPS) is 11.1. The summed E-state index contributed by atoms with van der Waals surface area (Å²) in [5, 5.41) is 35.3. The molecule has 0 bridgehead atoms. The summed E-state index contributed by atoms with van der Waals surface area (Å²) in [6.07, 6.45) is 0. The van der Waals surface area contributed by atoms with Crippen LogP contribution in [0.1, 0.15) is 16.7 Å². The maximum atomic E-state index is 4.86. The van der Waals surface area contributed by atoms with E-state index in [1.807, 2.05) is 88.3 Å². The smallest absolute Gasteiger partial charge is 0.177 e. The molecule has 0 amide bonds. The van der Waals surface area contributed by atoms with E-state index < -0.39 is 5.54 Å². The van der Waals surface area contributed by atoms with Crippen molar-refractivity contribution in [2.75, 3.05) is 0 Å². The second-order valence-corrected chi connectivity index (χ2v) is 10.0. The van der Waals surface area contributed by atoms with E-state index in [1.54, 1.807) is 27.5 Å². The molecule has 0 saturated heterocycles. The van der Waals surface area contributed by atoms with Crippen molar-refractivity contribution in [2.24, 2.45) is 0 Å². The zero-order valence-corrected chi connectivity index (χ0v) is 22.2. The summed E-state index contributed by atoms with van der Waals surface area (Å²) in [6, 6.07) is 35.0. The molecule has 10 heteroatoms. The van der Waals surface area contributed by atoms with Crippen molar-refractivity contribution in [1.82, 2.24) is 40.8 Å². The topological polar surface area (TPSA) is 98.1 Å². The van der Waals surface area contributed by atoms with Gasteiger partial charge >= 0.3 is 0 Å². The van der Waals surface area contributed by atoms with Gasteiger partial charge in [0.1, 0.15) is 0 Å². The first kappa shape index (κ1) is 24.5. The highest BCUT2D eigenvalue weighted by molar-refractivity contribution is 7.08. The van der Waals surface area contributed by atoms with Gasteiger partial charge in [-0.1, -0.05) is 91.0 Å². The van der Waals surface area contributed by atoms with E-state index in [4.69, 9.17) is 5.10 Å². The Morgan fingerprint density at radius 2 is 1.10 bits per heavy atom. The number of nitrogens with zero attached hydrogens (tertiary/aromatic N) is 7. The highest BCUT2D eigenvalue weighted by Gasteiger charge is 2.41. The monoisotopic (exact) mass is 546 g/mol. The summed E-state index contributed by atoms with van der Waals surface area (Å²) in [6.45, 7) is 0. The van der Waals surface area contributed by atoms with Crippen molar-refractivity contribution < 1.29 is 0 Å². The summed E-state index contributed by atoms with van der Waals surface area (Å²) in [7, 11) is 0. The second-order valence-electron chi connectivity index (χ2n) is 8.47. The number of thiophene rings is 2. The second kappa shape index (κ2) is 11.3. The molecule has 0 aliphatic carbocycles. The summed E-state index contributed by atoms with van der Waals surface area (Å²) < 4.78 is 0. The van der Waals surface area contributed by atoms with Crippen LogP contribution in [0.3, 0.4) is 0 Å². The van der Waals surface area contributed by atoms with Gasteiger partial charge in [0.25, 0.3) is 0 Å². The highest BCUT2D eigenvalue weighted by Crippen LogP contribution is 2.39. The van der Waals surface area contributed by atoms with Gasteiger partial charge in [0.05, 0.1) is 0 Å². The van der Waals surface area contributed by atoms with Crippen molar-refractivity contribution in [3.8, 4) is 22.8 Å². The van der Waals surface area contributed by atoms with Gasteiger partial charge in [-0.05, 0) is 50.0 Å². The predicted molar refractivity (Wildman–Crippen MR) is 153 cm³/mol. The highest BCUT2D eigenvalue weighted by atomic mass is 32.1. The third kappa shape index (κ3) is 4.90. The standard InChI is InChI=1S/C24H18N4S.C5H4N4S/c1-4-10-20(11-5-1)24(21-12-6-2-7-13-21,22-14-8-3-9-15-22)28-26-23(25-27-28)19-16-17-29-18-19;1-2-10-3-4(1)5-6-8-9-7-5/h1-18H;1-3H,(H,6,7,8,9). The molecule has 0 aliphatic rings. The van der Waals surface area contributed by atoms with Gasteiger partial charge < -0.3 is 0 Å². The Morgan fingerprint density at radius 3 is 1.54 bits per heavy atom. The number of benzene rings is 3. The lowest BCUT2D eigenvalue weighted by molar-refractivity contribution is 0.396. The van der Waals surface area contributed by atoms with E-state index in [9.17, 15) is 0 Å². The lowest BCUT2D eigenvalue weighted by Crippen LogP contribution is -2.39. The van der Waals surface area contributed by atoms with Gasteiger partial charge in [0.15, 0.2) is 5.54 Å². The molecule has 4 heterocycles. The number of aromatic nitrogens is 8. The van der Waals surface area contributed by atoms with Crippen LogP contribution in [0.2, 0.25) is 0 Å². The zero-order valence-electron chi connectivity index (χ0n) is 20.6. The molecule has 39 heavy (non-hydrogen) atoms. The molecular formula is C29H22N8S2. The molecule has 0 radical (unpaired) electrons. The zero-order chi connectivity index (χ0) is 26.3. The largest absolute Gasteiger partial charge is 0.205 e. The van der Waals surface area contributed by atoms with E-state index in [0.29, 0.717) is 11.6 Å². The average molecular weight is 547 g/mol. The lowest BCUT2D eigenvalue weighted by atomic mass is 9.77. The van der Waals surface area contributed by atoms with Crippen LogP contribution in [0.25, 0.3) is 22.8 Å². The fourth-order valence-electron chi connectivity index (χ4n) is 4.42. The summed E-state index contributed by atoms with van der Waals surface area (Å²) >= 11 is 3.24. The quantitative estimate of drug-likeness (QED) is 0.251. The van der Waals surface area contributed by atoms with Gasteiger partial charge in [-0.2, -0.15) is 27.9 Å². The first-order chi connectivity index (χ1) is 19.4. The first-order valence-corrected chi connectivity index (χ1v) is 14.0. The molecule has 0 aliphatic heterocycles. The number of hydrogen-bond donors (Lipinski definition) is 1. The van der Waals surface area contributed by atoms with Crippen LogP contribution < -0.4 is 0 Å². The molecule has 0 saturated carbocycles. The van der Waals surface area contributed by atoms with Crippen LogP contribution >= 0.6 is 22.7 Å². The molecule has 4 aromatic heterocycles. The number of hydrogen-bond acceptors (Lipinski definition) is 8.